The van der Waals surface area contributed by atoms with E-state index in [4.69, 9.17) is 9.47 Å². The van der Waals surface area contributed by atoms with Crippen LogP contribution in [0.5, 0.6) is 11.5 Å². The molecule has 3 aromatic rings. The van der Waals surface area contributed by atoms with Crippen molar-refractivity contribution in [3.63, 3.8) is 0 Å². The SMILES string of the molecule is COc1ccc(OC)c(NC(=O)CCn2c(-c3ccccc3)cc(C(C)=O)c2C)c1. The van der Waals surface area contributed by atoms with Crippen LogP contribution in [0.25, 0.3) is 11.3 Å². The van der Waals surface area contributed by atoms with E-state index in [0.717, 1.165) is 17.0 Å². The number of nitrogens with zero attached hydrogens (tertiary/aromatic N) is 1. The molecule has 1 aromatic heterocycles. The highest BCUT2D eigenvalue weighted by atomic mass is 16.5. The second kappa shape index (κ2) is 9.31. The van der Waals surface area contributed by atoms with Crippen molar-refractivity contribution in [2.45, 2.75) is 26.8 Å². The second-order valence-corrected chi connectivity index (χ2v) is 6.97. The number of ketones is 1. The monoisotopic (exact) mass is 406 g/mol. The average Bonchev–Trinajstić information content (AvgIpc) is 3.09. The van der Waals surface area contributed by atoms with Crippen molar-refractivity contribution in [1.29, 1.82) is 0 Å². The number of carbonyl (C=O) groups excluding carboxylic acids is 2. The molecule has 1 N–H and O–H groups in total. The van der Waals surface area contributed by atoms with E-state index in [1.165, 1.54) is 0 Å². The van der Waals surface area contributed by atoms with E-state index in [1.807, 2.05) is 47.9 Å². The van der Waals surface area contributed by atoms with Crippen LogP contribution in [0, 0.1) is 6.92 Å². The molecule has 1 amide bonds. The van der Waals surface area contributed by atoms with Crippen LogP contribution in [0.2, 0.25) is 0 Å². The lowest BCUT2D eigenvalue weighted by molar-refractivity contribution is -0.116. The van der Waals surface area contributed by atoms with Gasteiger partial charge in [0.05, 0.1) is 19.9 Å². The third kappa shape index (κ3) is 4.54. The van der Waals surface area contributed by atoms with Crippen LogP contribution in [0.4, 0.5) is 5.69 Å². The van der Waals surface area contributed by atoms with Gasteiger partial charge in [-0.25, -0.2) is 0 Å². The Hall–Kier alpha value is -3.54. The molecule has 0 radical (unpaired) electrons. The molecule has 0 unspecified atom stereocenters. The summed E-state index contributed by atoms with van der Waals surface area (Å²) in [5.74, 6) is 1.04. The molecule has 30 heavy (non-hydrogen) atoms. The Bertz CT molecular complexity index is 1050. The molecule has 0 fully saturated rings. The zero-order valence-corrected chi connectivity index (χ0v) is 17.7. The van der Waals surface area contributed by atoms with Gasteiger partial charge in [-0.2, -0.15) is 0 Å². The molecular weight excluding hydrogens is 380 g/mol. The Morgan fingerprint density at radius 2 is 1.73 bits per heavy atom. The van der Waals surface area contributed by atoms with E-state index in [0.29, 0.717) is 29.3 Å². The first-order valence-electron chi connectivity index (χ1n) is 9.73. The zero-order chi connectivity index (χ0) is 21.7. The first-order valence-corrected chi connectivity index (χ1v) is 9.73. The Labute approximate surface area is 176 Å². The molecule has 0 bridgehead atoms. The Kier molecular flexibility index (Phi) is 6.57. The van der Waals surface area contributed by atoms with Crippen molar-refractivity contribution in [2.24, 2.45) is 0 Å². The number of carbonyl (C=O) groups is 2. The smallest absolute Gasteiger partial charge is 0.226 e. The summed E-state index contributed by atoms with van der Waals surface area (Å²) in [6.45, 7) is 3.91. The quantitative estimate of drug-likeness (QED) is 0.550. The van der Waals surface area contributed by atoms with E-state index in [1.54, 1.807) is 39.3 Å². The van der Waals surface area contributed by atoms with Gasteiger partial charge in [-0.1, -0.05) is 30.3 Å². The van der Waals surface area contributed by atoms with Crippen LogP contribution < -0.4 is 14.8 Å². The maximum absolute atomic E-state index is 12.7. The van der Waals surface area contributed by atoms with Crippen LogP contribution in [-0.2, 0) is 11.3 Å². The topological polar surface area (TPSA) is 69.6 Å². The standard InChI is InChI=1S/C24H26N2O4/c1-16-20(17(2)27)15-22(18-8-6-5-7-9-18)26(16)13-12-24(28)25-21-14-19(29-3)10-11-23(21)30-4/h5-11,14-15H,12-13H2,1-4H3,(H,25,28). The van der Waals surface area contributed by atoms with Crippen molar-refractivity contribution in [3.05, 3.63) is 65.9 Å². The van der Waals surface area contributed by atoms with Crippen LogP contribution in [0.15, 0.2) is 54.6 Å². The van der Waals surface area contributed by atoms with Gasteiger partial charge in [0.1, 0.15) is 11.5 Å². The minimum absolute atomic E-state index is 0.00833. The van der Waals surface area contributed by atoms with Crippen molar-refractivity contribution in [2.75, 3.05) is 19.5 Å². The normalized spacial score (nSPS) is 10.5. The Morgan fingerprint density at radius 1 is 1.00 bits per heavy atom. The molecule has 0 atom stereocenters. The maximum atomic E-state index is 12.7. The fraction of sp³-hybridized carbons (Fsp3) is 0.250. The number of methoxy groups -OCH3 is 2. The predicted octanol–water partition coefficient (Wildman–Crippen LogP) is 4.71. The number of rotatable bonds is 8. The number of aromatic nitrogens is 1. The fourth-order valence-corrected chi connectivity index (χ4v) is 3.48. The molecule has 3 rings (SSSR count). The lowest BCUT2D eigenvalue weighted by atomic mass is 10.1. The summed E-state index contributed by atoms with van der Waals surface area (Å²) >= 11 is 0. The largest absolute Gasteiger partial charge is 0.497 e. The van der Waals surface area contributed by atoms with Gasteiger partial charge in [-0.15, -0.1) is 0 Å². The minimum atomic E-state index is -0.155. The molecule has 0 spiro atoms. The Balaban J connectivity index is 1.82. The molecular formula is C24H26N2O4. The van der Waals surface area contributed by atoms with Gasteiger partial charge in [-0.3, -0.25) is 9.59 Å². The molecule has 0 aliphatic carbocycles. The van der Waals surface area contributed by atoms with Crippen LogP contribution in [-0.4, -0.2) is 30.5 Å². The number of anilines is 1. The van der Waals surface area contributed by atoms with Gasteiger partial charge in [0, 0.05) is 36.0 Å². The van der Waals surface area contributed by atoms with Gasteiger partial charge in [-0.05, 0) is 37.6 Å². The van der Waals surface area contributed by atoms with E-state index in [9.17, 15) is 9.59 Å². The molecule has 6 heteroatoms. The number of nitrogens with one attached hydrogen (secondary N) is 1. The number of benzene rings is 2. The van der Waals surface area contributed by atoms with Crippen LogP contribution >= 0.6 is 0 Å². The minimum Gasteiger partial charge on any atom is -0.497 e. The Morgan fingerprint density at radius 3 is 2.37 bits per heavy atom. The maximum Gasteiger partial charge on any atom is 0.226 e. The highest BCUT2D eigenvalue weighted by Crippen LogP contribution is 2.30. The summed E-state index contributed by atoms with van der Waals surface area (Å²) < 4.78 is 12.6. The fourth-order valence-electron chi connectivity index (χ4n) is 3.48. The summed E-state index contributed by atoms with van der Waals surface area (Å²) in [4.78, 5) is 24.7. The lowest BCUT2D eigenvalue weighted by Crippen LogP contribution is -2.16. The molecule has 0 aliphatic rings. The van der Waals surface area contributed by atoms with Gasteiger partial charge >= 0.3 is 0 Å². The summed E-state index contributed by atoms with van der Waals surface area (Å²) in [5, 5.41) is 2.89. The lowest BCUT2D eigenvalue weighted by Gasteiger charge is -2.14. The predicted molar refractivity (Wildman–Crippen MR) is 117 cm³/mol. The number of Topliss-reactive ketones (excluding diaryl/α,β-unsaturated/α-hetero) is 1. The molecule has 6 nitrogen and oxygen atoms in total. The summed E-state index contributed by atoms with van der Waals surface area (Å²) in [7, 11) is 3.12. The van der Waals surface area contributed by atoms with Gasteiger partial charge < -0.3 is 19.4 Å². The summed E-state index contributed by atoms with van der Waals surface area (Å²) in [6.07, 6.45) is 0.243. The van der Waals surface area contributed by atoms with Gasteiger partial charge in [0.15, 0.2) is 5.78 Å². The summed E-state index contributed by atoms with van der Waals surface area (Å²) in [5.41, 5.74) is 4.00. The molecule has 0 saturated heterocycles. The van der Waals surface area contributed by atoms with Crippen LogP contribution in [0.3, 0.4) is 0 Å². The third-order valence-electron chi connectivity index (χ3n) is 5.06. The van der Waals surface area contributed by atoms with E-state index in [2.05, 4.69) is 5.32 Å². The van der Waals surface area contributed by atoms with Crippen LogP contribution in [0.1, 0.15) is 29.4 Å². The second-order valence-electron chi connectivity index (χ2n) is 6.97. The zero-order valence-electron chi connectivity index (χ0n) is 17.7. The van der Waals surface area contributed by atoms with E-state index in [-0.39, 0.29) is 18.1 Å². The first kappa shape index (κ1) is 21.2. The number of hydrogen-bond donors (Lipinski definition) is 1. The van der Waals surface area contributed by atoms with Crippen molar-refractivity contribution >= 4 is 17.4 Å². The summed E-state index contributed by atoms with van der Waals surface area (Å²) in [6, 6.07) is 17.0. The third-order valence-corrected chi connectivity index (χ3v) is 5.06. The molecule has 0 saturated carbocycles. The molecule has 0 aliphatic heterocycles. The number of hydrogen-bond acceptors (Lipinski definition) is 4. The highest BCUT2D eigenvalue weighted by Gasteiger charge is 2.17. The van der Waals surface area contributed by atoms with E-state index < -0.39 is 0 Å². The highest BCUT2D eigenvalue weighted by molar-refractivity contribution is 5.97. The molecule has 2 aromatic carbocycles. The molecule has 156 valence electrons. The first-order chi connectivity index (χ1) is 14.4. The van der Waals surface area contributed by atoms with Crippen molar-refractivity contribution in [3.8, 4) is 22.8 Å². The van der Waals surface area contributed by atoms with E-state index >= 15 is 0 Å². The average molecular weight is 406 g/mol. The number of ether oxygens (including phenoxy) is 2. The van der Waals surface area contributed by atoms with Crippen molar-refractivity contribution < 1.29 is 19.1 Å². The number of amides is 1. The van der Waals surface area contributed by atoms with Gasteiger partial charge in [0.25, 0.3) is 0 Å². The van der Waals surface area contributed by atoms with Crippen molar-refractivity contribution in [1.82, 2.24) is 4.57 Å². The van der Waals surface area contributed by atoms with Gasteiger partial charge in [0.2, 0.25) is 5.91 Å². The molecule has 1 heterocycles.